The van der Waals surface area contributed by atoms with Gasteiger partial charge in [0, 0.05) is 25.4 Å². The summed E-state index contributed by atoms with van der Waals surface area (Å²) >= 11 is 0. The summed E-state index contributed by atoms with van der Waals surface area (Å²) in [5.41, 5.74) is 2.30. The van der Waals surface area contributed by atoms with Crippen LogP contribution < -0.4 is 5.32 Å². The molecule has 124 valence electrons. The second-order valence-corrected chi connectivity index (χ2v) is 7.02. The Hall–Kier alpha value is -1.84. The van der Waals surface area contributed by atoms with E-state index in [0.29, 0.717) is 11.8 Å². The van der Waals surface area contributed by atoms with E-state index < -0.39 is 0 Å². The molecule has 0 bridgehead atoms. The minimum absolute atomic E-state index is 0.235. The normalized spacial score (nSPS) is 14.6. The number of imidazole rings is 1. The molecule has 1 aliphatic rings. The Bertz CT molecular complexity index is 670. The van der Waals surface area contributed by atoms with Gasteiger partial charge in [-0.2, -0.15) is 0 Å². The molecule has 1 aromatic heterocycles. The maximum atomic E-state index is 11.7. The fourth-order valence-corrected chi connectivity index (χ4v) is 2.90. The Morgan fingerprint density at radius 1 is 1.35 bits per heavy atom. The van der Waals surface area contributed by atoms with Crippen molar-refractivity contribution in [2.24, 2.45) is 11.8 Å². The predicted octanol–water partition coefficient (Wildman–Crippen LogP) is 3.54. The molecule has 0 saturated heterocycles. The van der Waals surface area contributed by atoms with Crippen molar-refractivity contribution in [2.75, 3.05) is 6.54 Å². The Balaban J connectivity index is 1.63. The smallest absolute Gasteiger partial charge is 0.223 e. The Kier molecular flexibility index (Phi) is 4.99. The fraction of sp³-hybridized carbons (Fsp3) is 0.579. The number of carbonyl (C=O) groups is 1. The third-order valence-electron chi connectivity index (χ3n) is 4.49. The lowest BCUT2D eigenvalue weighted by Gasteiger charge is -2.11. The number of rotatable bonds is 8. The van der Waals surface area contributed by atoms with Gasteiger partial charge in [0.15, 0.2) is 0 Å². The molecule has 3 rings (SSSR count). The minimum Gasteiger partial charge on any atom is -0.356 e. The van der Waals surface area contributed by atoms with E-state index in [1.165, 1.54) is 5.52 Å². The summed E-state index contributed by atoms with van der Waals surface area (Å²) < 4.78 is 2.36. The average molecular weight is 313 g/mol. The largest absolute Gasteiger partial charge is 0.356 e. The number of para-hydroxylation sites is 2. The topological polar surface area (TPSA) is 46.9 Å². The van der Waals surface area contributed by atoms with Crippen LogP contribution in [0.4, 0.5) is 0 Å². The second kappa shape index (κ2) is 7.16. The molecule has 0 unspecified atom stereocenters. The Morgan fingerprint density at radius 2 is 2.13 bits per heavy atom. The maximum Gasteiger partial charge on any atom is 0.223 e. The summed E-state index contributed by atoms with van der Waals surface area (Å²) in [7, 11) is 0. The summed E-state index contributed by atoms with van der Waals surface area (Å²) in [5.74, 6) is 2.36. The number of nitrogens with one attached hydrogen (secondary N) is 1. The molecule has 1 heterocycles. The van der Waals surface area contributed by atoms with E-state index >= 15 is 0 Å². The maximum absolute atomic E-state index is 11.7. The second-order valence-electron chi connectivity index (χ2n) is 7.02. The number of amides is 1. The quantitative estimate of drug-likeness (QED) is 0.758. The molecule has 1 aromatic carbocycles. The molecule has 4 nitrogen and oxygen atoms in total. The van der Waals surface area contributed by atoms with E-state index in [9.17, 15) is 4.79 Å². The van der Waals surface area contributed by atoms with Gasteiger partial charge in [0.2, 0.25) is 5.91 Å². The van der Waals surface area contributed by atoms with Crippen molar-refractivity contribution in [2.45, 2.75) is 52.5 Å². The molecule has 0 spiro atoms. The number of aryl methyl sites for hydroxylation is 2. The van der Waals surface area contributed by atoms with Crippen molar-refractivity contribution in [3.63, 3.8) is 0 Å². The van der Waals surface area contributed by atoms with Crippen LogP contribution in [0.5, 0.6) is 0 Å². The van der Waals surface area contributed by atoms with Crippen molar-refractivity contribution >= 4 is 16.9 Å². The Labute approximate surface area is 138 Å². The van der Waals surface area contributed by atoms with E-state index in [1.807, 2.05) is 6.07 Å². The minimum atomic E-state index is 0.235. The summed E-state index contributed by atoms with van der Waals surface area (Å²) in [6.07, 6.45) is 5.15. The molecule has 1 fully saturated rings. The van der Waals surface area contributed by atoms with Gasteiger partial charge in [0.1, 0.15) is 5.82 Å². The number of fused-ring (bicyclic) bond motifs is 1. The molecule has 1 N–H and O–H groups in total. The first-order valence-corrected chi connectivity index (χ1v) is 8.87. The van der Waals surface area contributed by atoms with Gasteiger partial charge in [-0.05, 0) is 43.7 Å². The van der Waals surface area contributed by atoms with Crippen molar-refractivity contribution in [1.29, 1.82) is 0 Å². The van der Waals surface area contributed by atoms with Crippen LogP contribution in [0, 0.1) is 11.8 Å². The lowest BCUT2D eigenvalue weighted by Crippen LogP contribution is -2.26. The first kappa shape index (κ1) is 16.0. The van der Waals surface area contributed by atoms with Gasteiger partial charge in [0.05, 0.1) is 11.0 Å². The molecule has 1 amide bonds. The van der Waals surface area contributed by atoms with Gasteiger partial charge in [-0.3, -0.25) is 4.79 Å². The molecule has 0 atom stereocenters. The SMILES string of the molecule is CC(C)CCn1c(CCCNC(=O)C2CC2)nc2ccccc21. The van der Waals surface area contributed by atoms with E-state index in [2.05, 4.69) is 41.9 Å². The van der Waals surface area contributed by atoms with Crippen LogP contribution in [-0.4, -0.2) is 22.0 Å². The van der Waals surface area contributed by atoms with Crippen LogP contribution in [0.15, 0.2) is 24.3 Å². The van der Waals surface area contributed by atoms with Crippen LogP contribution in [0.1, 0.15) is 45.4 Å². The van der Waals surface area contributed by atoms with Gasteiger partial charge in [-0.25, -0.2) is 4.98 Å². The molecular formula is C19H27N3O. The zero-order valence-corrected chi connectivity index (χ0v) is 14.2. The highest BCUT2D eigenvalue weighted by Gasteiger charge is 2.28. The van der Waals surface area contributed by atoms with Crippen molar-refractivity contribution < 1.29 is 4.79 Å². The fourth-order valence-electron chi connectivity index (χ4n) is 2.90. The average Bonchev–Trinajstić information content (AvgIpc) is 3.32. The van der Waals surface area contributed by atoms with Crippen LogP contribution in [0.2, 0.25) is 0 Å². The number of nitrogens with zero attached hydrogens (tertiary/aromatic N) is 2. The third kappa shape index (κ3) is 4.12. The zero-order valence-electron chi connectivity index (χ0n) is 14.2. The summed E-state index contributed by atoms with van der Waals surface area (Å²) in [5, 5.41) is 3.04. The van der Waals surface area contributed by atoms with Gasteiger partial charge < -0.3 is 9.88 Å². The monoisotopic (exact) mass is 313 g/mol. The molecule has 1 aliphatic carbocycles. The molecular weight excluding hydrogens is 286 g/mol. The lowest BCUT2D eigenvalue weighted by atomic mass is 10.1. The molecule has 0 radical (unpaired) electrons. The number of hydrogen-bond donors (Lipinski definition) is 1. The van der Waals surface area contributed by atoms with Crippen LogP contribution >= 0.6 is 0 Å². The zero-order chi connectivity index (χ0) is 16.2. The lowest BCUT2D eigenvalue weighted by molar-refractivity contribution is -0.122. The molecule has 2 aromatic rings. The Morgan fingerprint density at radius 3 is 2.87 bits per heavy atom. The highest BCUT2D eigenvalue weighted by Crippen LogP contribution is 2.28. The van der Waals surface area contributed by atoms with Gasteiger partial charge in [0.25, 0.3) is 0 Å². The first-order valence-electron chi connectivity index (χ1n) is 8.87. The highest BCUT2D eigenvalue weighted by molar-refractivity contribution is 5.80. The van der Waals surface area contributed by atoms with E-state index in [1.54, 1.807) is 0 Å². The van der Waals surface area contributed by atoms with Gasteiger partial charge in [-0.15, -0.1) is 0 Å². The van der Waals surface area contributed by atoms with Gasteiger partial charge in [-0.1, -0.05) is 26.0 Å². The number of hydrogen-bond acceptors (Lipinski definition) is 2. The summed E-state index contributed by atoms with van der Waals surface area (Å²) in [4.78, 5) is 16.5. The number of aromatic nitrogens is 2. The van der Waals surface area contributed by atoms with E-state index in [-0.39, 0.29) is 5.91 Å². The van der Waals surface area contributed by atoms with E-state index in [4.69, 9.17) is 4.98 Å². The van der Waals surface area contributed by atoms with Crippen molar-refractivity contribution in [3.8, 4) is 0 Å². The van der Waals surface area contributed by atoms with Crippen molar-refractivity contribution in [3.05, 3.63) is 30.1 Å². The third-order valence-corrected chi connectivity index (χ3v) is 4.49. The number of carbonyl (C=O) groups excluding carboxylic acids is 1. The van der Waals surface area contributed by atoms with Crippen molar-refractivity contribution in [1.82, 2.24) is 14.9 Å². The number of benzene rings is 1. The summed E-state index contributed by atoms with van der Waals surface area (Å²) in [6, 6.07) is 8.36. The van der Waals surface area contributed by atoms with Crippen LogP contribution in [0.3, 0.4) is 0 Å². The molecule has 0 aliphatic heterocycles. The first-order chi connectivity index (χ1) is 11.1. The summed E-state index contributed by atoms with van der Waals surface area (Å²) in [6.45, 7) is 6.28. The van der Waals surface area contributed by atoms with Crippen LogP contribution in [0.25, 0.3) is 11.0 Å². The van der Waals surface area contributed by atoms with E-state index in [0.717, 1.165) is 56.5 Å². The van der Waals surface area contributed by atoms with Crippen LogP contribution in [-0.2, 0) is 17.8 Å². The molecule has 23 heavy (non-hydrogen) atoms. The molecule has 4 heteroatoms. The highest BCUT2D eigenvalue weighted by atomic mass is 16.2. The predicted molar refractivity (Wildman–Crippen MR) is 93.2 cm³/mol. The standard InChI is InChI=1S/C19H27N3O/c1-14(2)11-13-22-17-7-4-3-6-16(17)21-18(22)8-5-12-20-19(23)15-9-10-15/h3-4,6-7,14-15H,5,8-13H2,1-2H3,(H,20,23). The molecule has 1 saturated carbocycles. The van der Waals surface area contributed by atoms with Gasteiger partial charge >= 0.3 is 0 Å².